The SMILES string of the molecule is Cc1c(N)cnc(Nc2ccc(C#N)c(C#N)c2)c1Br. The number of benzene rings is 1. The van der Waals surface area contributed by atoms with Crippen LogP contribution in [0, 0.1) is 29.6 Å². The Labute approximate surface area is 124 Å². The van der Waals surface area contributed by atoms with Crippen LogP contribution in [-0.4, -0.2) is 4.98 Å². The lowest BCUT2D eigenvalue weighted by atomic mass is 10.1. The van der Waals surface area contributed by atoms with Crippen molar-refractivity contribution in [2.24, 2.45) is 0 Å². The minimum Gasteiger partial charge on any atom is -0.397 e. The number of nitrogens with zero attached hydrogens (tertiary/aromatic N) is 3. The van der Waals surface area contributed by atoms with E-state index in [1.165, 1.54) is 0 Å². The third-order valence-corrected chi connectivity index (χ3v) is 3.80. The molecular formula is C14H10BrN5. The molecule has 0 fully saturated rings. The Hall–Kier alpha value is -2.57. The number of pyridine rings is 1. The molecule has 0 amide bonds. The molecule has 20 heavy (non-hydrogen) atoms. The molecule has 0 unspecified atom stereocenters. The van der Waals surface area contributed by atoms with Gasteiger partial charge in [0.1, 0.15) is 18.0 Å². The van der Waals surface area contributed by atoms with Gasteiger partial charge in [-0.25, -0.2) is 4.98 Å². The summed E-state index contributed by atoms with van der Waals surface area (Å²) in [6, 6.07) is 8.89. The average Bonchev–Trinajstić information content (AvgIpc) is 2.47. The van der Waals surface area contributed by atoms with Crippen LogP contribution in [0.5, 0.6) is 0 Å². The number of aromatic nitrogens is 1. The van der Waals surface area contributed by atoms with Crippen LogP contribution < -0.4 is 11.1 Å². The first-order chi connectivity index (χ1) is 9.56. The van der Waals surface area contributed by atoms with Crippen LogP contribution in [0.15, 0.2) is 28.9 Å². The van der Waals surface area contributed by atoms with Gasteiger partial charge in [0, 0.05) is 5.69 Å². The Morgan fingerprint density at radius 2 is 1.95 bits per heavy atom. The second kappa shape index (κ2) is 5.60. The topological polar surface area (TPSA) is 98.5 Å². The van der Waals surface area contributed by atoms with E-state index in [-0.39, 0.29) is 0 Å². The molecule has 0 spiro atoms. The van der Waals surface area contributed by atoms with Crippen molar-refractivity contribution in [1.82, 2.24) is 4.98 Å². The predicted octanol–water partition coefficient (Wildman–Crippen LogP) is 3.22. The summed E-state index contributed by atoms with van der Waals surface area (Å²) in [5, 5.41) is 21.0. The zero-order valence-corrected chi connectivity index (χ0v) is 12.2. The molecule has 0 aliphatic carbocycles. The molecule has 5 nitrogen and oxygen atoms in total. The van der Waals surface area contributed by atoms with E-state index in [0.717, 1.165) is 10.0 Å². The van der Waals surface area contributed by atoms with Crippen LogP contribution in [0.1, 0.15) is 16.7 Å². The molecule has 2 rings (SSSR count). The maximum atomic E-state index is 9.00. The summed E-state index contributed by atoms with van der Waals surface area (Å²) in [4.78, 5) is 4.20. The zero-order valence-electron chi connectivity index (χ0n) is 10.6. The highest BCUT2D eigenvalue weighted by molar-refractivity contribution is 9.10. The van der Waals surface area contributed by atoms with E-state index < -0.39 is 0 Å². The van der Waals surface area contributed by atoms with Crippen LogP contribution in [0.25, 0.3) is 0 Å². The van der Waals surface area contributed by atoms with Gasteiger partial charge in [-0.15, -0.1) is 0 Å². The fourth-order valence-corrected chi connectivity index (χ4v) is 2.06. The molecule has 0 aliphatic heterocycles. The second-order valence-electron chi connectivity index (χ2n) is 4.11. The van der Waals surface area contributed by atoms with E-state index in [1.54, 1.807) is 24.4 Å². The van der Waals surface area contributed by atoms with Crippen LogP contribution in [0.3, 0.4) is 0 Å². The lowest BCUT2D eigenvalue weighted by molar-refractivity contribution is 1.25. The molecule has 1 aromatic heterocycles. The summed E-state index contributed by atoms with van der Waals surface area (Å²) < 4.78 is 0.764. The molecule has 0 saturated carbocycles. The first-order valence-electron chi connectivity index (χ1n) is 5.68. The van der Waals surface area contributed by atoms with Crippen molar-refractivity contribution in [3.05, 3.63) is 45.6 Å². The lowest BCUT2D eigenvalue weighted by Gasteiger charge is -2.11. The van der Waals surface area contributed by atoms with Crippen molar-refractivity contribution < 1.29 is 0 Å². The molecule has 1 heterocycles. The number of nitrogen functional groups attached to an aromatic ring is 1. The van der Waals surface area contributed by atoms with Gasteiger partial charge in [-0.05, 0) is 46.6 Å². The molecule has 0 bridgehead atoms. The molecule has 98 valence electrons. The van der Waals surface area contributed by atoms with Gasteiger partial charge < -0.3 is 11.1 Å². The number of rotatable bonds is 2. The minimum atomic E-state index is 0.320. The molecule has 0 radical (unpaired) electrons. The Bertz CT molecular complexity index is 755. The van der Waals surface area contributed by atoms with E-state index in [9.17, 15) is 0 Å². The summed E-state index contributed by atoms with van der Waals surface area (Å²) in [6.07, 6.45) is 1.57. The Balaban J connectivity index is 2.39. The van der Waals surface area contributed by atoms with Gasteiger partial charge in [-0.3, -0.25) is 0 Å². The number of nitrogens with one attached hydrogen (secondary N) is 1. The third-order valence-electron chi connectivity index (χ3n) is 2.83. The monoisotopic (exact) mass is 327 g/mol. The first kappa shape index (κ1) is 13.9. The van der Waals surface area contributed by atoms with E-state index in [4.69, 9.17) is 16.3 Å². The zero-order chi connectivity index (χ0) is 14.7. The average molecular weight is 328 g/mol. The van der Waals surface area contributed by atoms with E-state index >= 15 is 0 Å². The number of nitriles is 2. The van der Waals surface area contributed by atoms with Crippen molar-refractivity contribution in [3.8, 4) is 12.1 Å². The summed E-state index contributed by atoms with van der Waals surface area (Å²) in [5.41, 5.74) is 8.59. The van der Waals surface area contributed by atoms with Gasteiger partial charge in [-0.1, -0.05) is 0 Å². The number of hydrogen-bond acceptors (Lipinski definition) is 5. The number of halogens is 1. The summed E-state index contributed by atoms with van der Waals surface area (Å²) in [7, 11) is 0. The number of hydrogen-bond donors (Lipinski definition) is 2. The van der Waals surface area contributed by atoms with Gasteiger partial charge >= 0.3 is 0 Å². The summed E-state index contributed by atoms with van der Waals surface area (Å²) >= 11 is 3.43. The highest BCUT2D eigenvalue weighted by Crippen LogP contribution is 2.30. The van der Waals surface area contributed by atoms with Gasteiger partial charge in [0.2, 0.25) is 0 Å². The van der Waals surface area contributed by atoms with Gasteiger partial charge in [0.05, 0.1) is 27.5 Å². The highest BCUT2D eigenvalue weighted by Gasteiger charge is 2.09. The predicted molar refractivity (Wildman–Crippen MR) is 80.2 cm³/mol. The Morgan fingerprint density at radius 1 is 1.25 bits per heavy atom. The van der Waals surface area contributed by atoms with Crippen molar-refractivity contribution in [2.75, 3.05) is 11.1 Å². The van der Waals surface area contributed by atoms with Crippen molar-refractivity contribution in [2.45, 2.75) is 6.92 Å². The van der Waals surface area contributed by atoms with Gasteiger partial charge in [0.25, 0.3) is 0 Å². The van der Waals surface area contributed by atoms with Crippen LogP contribution in [0.4, 0.5) is 17.2 Å². The van der Waals surface area contributed by atoms with Crippen LogP contribution in [-0.2, 0) is 0 Å². The van der Waals surface area contributed by atoms with E-state index in [0.29, 0.717) is 28.3 Å². The molecule has 0 saturated heterocycles. The van der Waals surface area contributed by atoms with Crippen molar-refractivity contribution in [3.63, 3.8) is 0 Å². The largest absolute Gasteiger partial charge is 0.397 e. The quantitative estimate of drug-likeness (QED) is 0.882. The van der Waals surface area contributed by atoms with Crippen molar-refractivity contribution >= 4 is 33.1 Å². The molecule has 2 aromatic rings. The van der Waals surface area contributed by atoms with Gasteiger partial charge in [0.15, 0.2) is 0 Å². The molecule has 1 aromatic carbocycles. The highest BCUT2D eigenvalue weighted by atomic mass is 79.9. The van der Waals surface area contributed by atoms with E-state index in [1.807, 2.05) is 19.1 Å². The van der Waals surface area contributed by atoms with Crippen molar-refractivity contribution in [1.29, 1.82) is 10.5 Å². The second-order valence-corrected chi connectivity index (χ2v) is 4.90. The summed E-state index contributed by atoms with van der Waals surface area (Å²) in [6.45, 7) is 1.88. The molecule has 6 heteroatoms. The smallest absolute Gasteiger partial charge is 0.145 e. The maximum absolute atomic E-state index is 9.00. The van der Waals surface area contributed by atoms with E-state index in [2.05, 4.69) is 26.2 Å². The first-order valence-corrected chi connectivity index (χ1v) is 6.48. The Kier molecular flexibility index (Phi) is 3.88. The molecular weight excluding hydrogens is 318 g/mol. The van der Waals surface area contributed by atoms with Crippen LogP contribution in [0.2, 0.25) is 0 Å². The minimum absolute atomic E-state index is 0.320. The summed E-state index contributed by atoms with van der Waals surface area (Å²) in [5.74, 6) is 0.602. The molecule has 3 N–H and O–H groups in total. The van der Waals surface area contributed by atoms with Crippen LogP contribution >= 0.6 is 15.9 Å². The van der Waals surface area contributed by atoms with Gasteiger partial charge in [-0.2, -0.15) is 10.5 Å². The molecule has 0 aliphatic rings. The third kappa shape index (κ3) is 2.56. The fourth-order valence-electron chi connectivity index (χ4n) is 1.63. The number of anilines is 3. The number of nitrogens with two attached hydrogens (primary N) is 1. The lowest BCUT2D eigenvalue weighted by Crippen LogP contribution is -2.00. The maximum Gasteiger partial charge on any atom is 0.145 e. The standard InChI is InChI=1S/C14H10BrN5/c1-8-12(18)7-19-14(13(8)15)20-11-3-2-9(5-16)10(4-11)6-17/h2-4,7H,18H2,1H3,(H,19,20). The molecule has 0 atom stereocenters. The fraction of sp³-hybridized carbons (Fsp3) is 0.0714. The Morgan fingerprint density at radius 3 is 2.60 bits per heavy atom. The normalized spacial score (nSPS) is 9.60.